The van der Waals surface area contributed by atoms with Gasteiger partial charge in [0.05, 0.1) is 5.56 Å². The third kappa shape index (κ3) is 6.94. The third-order valence-corrected chi connectivity index (χ3v) is 7.72. The van der Waals surface area contributed by atoms with Crippen LogP contribution in [0.2, 0.25) is 10.3 Å². The minimum Gasteiger partial charge on any atom is -0.383 e. The number of carbonyl (C=O) groups excluding carboxylic acids is 3. The summed E-state index contributed by atoms with van der Waals surface area (Å²) in [6, 6.07) is 3.69. The number of hydrogen-bond donors (Lipinski definition) is 5. The standard InChI is InChI=1S/C25H33Cl2N11O3/c1-3-14-12-37(22-19(27)33-18(21(29)34-22)23(40)35-25(30)31-13(2)39)10-11-38(14)15-6-8-36(9-7-15)24(41)16-4-5-17(26)32-20(16)28/h4-5,14-15H,3,6-12H2,1-2H3,(H2,28,32)(H2,29,34)(H3,30,31,35,39,40)/t14-/m0/s1. The summed E-state index contributed by atoms with van der Waals surface area (Å²) in [7, 11) is 0. The molecule has 2 saturated heterocycles. The van der Waals surface area contributed by atoms with Crippen molar-refractivity contribution in [2.75, 3.05) is 49.1 Å². The molecule has 0 unspecified atom stereocenters. The Morgan fingerprint density at radius 1 is 1.02 bits per heavy atom. The zero-order valence-corrected chi connectivity index (χ0v) is 24.3. The molecule has 4 rings (SSSR count). The number of piperazine rings is 1. The number of likely N-dealkylation sites (tertiary alicyclic amines) is 1. The fourth-order valence-corrected chi connectivity index (χ4v) is 5.68. The van der Waals surface area contributed by atoms with Crippen LogP contribution in [-0.4, -0.2) is 93.2 Å². The summed E-state index contributed by atoms with van der Waals surface area (Å²) >= 11 is 12.3. The molecule has 220 valence electrons. The third-order valence-electron chi connectivity index (χ3n) is 7.26. The van der Waals surface area contributed by atoms with Gasteiger partial charge >= 0.3 is 0 Å². The van der Waals surface area contributed by atoms with Crippen molar-refractivity contribution in [3.63, 3.8) is 0 Å². The maximum absolute atomic E-state index is 13.0. The van der Waals surface area contributed by atoms with Gasteiger partial charge in [-0.15, -0.1) is 0 Å². The lowest BCUT2D eigenvalue weighted by Gasteiger charge is -2.47. The quantitative estimate of drug-likeness (QED) is 0.188. The number of nitrogen functional groups attached to an aromatic ring is 2. The van der Waals surface area contributed by atoms with Crippen LogP contribution in [0.15, 0.2) is 12.1 Å². The van der Waals surface area contributed by atoms with Gasteiger partial charge in [0.25, 0.3) is 11.8 Å². The maximum Gasteiger partial charge on any atom is 0.280 e. The Morgan fingerprint density at radius 3 is 2.37 bits per heavy atom. The first-order valence-electron chi connectivity index (χ1n) is 13.2. The van der Waals surface area contributed by atoms with Crippen molar-refractivity contribution in [2.24, 2.45) is 0 Å². The summed E-state index contributed by atoms with van der Waals surface area (Å²) < 4.78 is 0. The van der Waals surface area contributed by atoms with Crippen molar-refractivity contribution >= 4 is 64.3 Å². The van der Waals surface area contributed by atoms with Crippen LogP contribution in [0.4, 0.5) is 17.5 Å². The van der Waals surface area contributed by atoms with Gasteiger partial charge in [0.1, 0.15) is 11.0 Å². The summed E-state index contributed by atoms with van der Waals surface area (Å²) in [6.07, 6.45) is 2.54. The van der Waals surface area contributed by atoms with Gasteiger partial charge in [0, 0.05) is 51.7 Å². The summed E-state index contributed by atoms with van der Waals surface area (Å²) in [4.78, 5) is 55.4. The zero-order valence-electron chi connectivity index (χ0n) is 22.8. The number of hydrogen-bond acceptors (Lipinski definition) is 11. The molecule has 0 bridgehead atoms. The molecule has 2 aromatic heterocycles. The Morgan fingerprint density at radius 2 is 1.73 bits per heavy atom. The first-order chi connectivity index (χ1) is 19.5. The molecular weight excluding hydrogens is 573 g/mol. The fourth-order valence-electron chi connectivity index (χ4n) is 5.27. The molecule has 4 heterocycles. The smallest absolute Gasteiger partial charge is 0.280 e. The number of anilines is 3. The lowest BCUT2D eigenvalue weighted by Crippen LogP contribution is -2.58. The molecule has 1 atom stereocenters. The molecule has 16 heteroatoms. The first kappa shape index (κ1) is 30.2. The summed E-state index contributed by atoms with van der Waals surface area (Å²) in [5.41, 5.74) is 12.1. The molecule has 14 nitrogen and oxygen atoms in total. The maximum atomic E-state index is 13.0. The Balaban J connectivity index is 1.38. The average molecular weight is 607 g/mol. The highest BCUT2D eigenvalue weighted by molar-refractivity contribution is 6.32. The highest BCUT2D eigenvalue weighted by Crippen LogP contribution is 2.30. The highest BCUT2D eigenvalue weighted by atomic mass is 35.5. The van der Waals surface area contributed by atoms with E-state index >= 15 is 0 Å². The van der Waals surface area contributed by atoms with Crippen molar-refractivity contribution < 1.29 is 14.4 Å². The van der Waals surface area contributed by atoms with Crippen LogP contribution < -0.4 is 27.0 Å². The molecule has 2 aliphatic heterocycles. The van der Waals surface area contributed by atoms with E-state index in [1.807, 2.05) is 9.80 Å². The van der Waals surface area contributed by atoms with E-state index in [1.54, 1.807) is 12.1 Å². The van der Waals surface area contributed by atoms with Gasteiger partial charge in [-0.05, 0) is 31.4 Å². The zero-order chi connectivity index (χ0) is 29.8. The van der Waals surface area contributed by atoms with Crippen LogP contribution in [0, 0.1) is 5.41 Å². The van der Waals surface area contributed by atoms with E-state index in [0.29, 0.717) is 43.6 Å². The number of carbonyl (C=O) groups is 3. The van der Waals surface area contributed by atoms with Crippen molar-refractivity contribution in [3.8, 4) is 0 Å². The van der Waals surface area contributed by atoms with Gasteiger partial charge in [0.15, 0.2) is 22.5 Å². The Kier molecular flexibility index (Phi) is 9.46. The van der Waals surface area contributed by atoms with Crippen molar-refractivity contribution in [1.82, 2.24) is 35.4 Å². The second kappa shape index (κ2) is 12.8. The predicted molar refractivity (Wildman–Crippen MR) is 156 cm³/mol. The topological polar surface area (TPSA) is 200 Å². The Bertz CT molecular complexity index is 1350. The number of guanidine groups is 1. The number of piperidine rings is 1. The molecule has 0 spiro atoms. The number of nitrogens with one attached hydrogen (secondary N) is 3. The second-order valence-electron chi connectivity index (χ2n) is 9.92. The van der Waals surface area contributed by atoms with Gasteiger partial charge in [-0.2, -0.15) is 0 Å². The van der Waals surface area contributed by atoms with Crippen LogP contribution in [-0.2, 0) is 4.79 Å². The minimum absolute atomic E-state index is 0.0153. The number of rotatable bonds is 5. The lowest BCUT2D eigenvalue weighted by molar-refractivity contribution is -0.117. The Labute approximate surface area is 247 Å². The van der Waals surface area contributed by atoms with Gasteiger partial charge in [-0.1, -0.05) is 30.1 Å². The molecule has 0 aliphatic carbocycles. The predicted octanol–water partition coefficient (Wildman–Crippen LogP) is 1.35. The second-order valence-corrected chi connectivity index (χ2v) is 10.7. The van der Waals surface area contributed by atoms with Crippen LogP contribution in [0.3, 0.4) is 0 Å². The summed E-state index contributed by atoms with van der Waals surface area (Å²) in [5, 5.41) is 12.2. The Hall–Kier alpha value is -3.75. The molecule has 0 aromatic carbocycles. The number of nitrogens with zero attached hydrogens (tertiary/aromatic N) is 6. The van der Waals surface area contributed by atoms with Gasteiger partial charge in [-0.25, -0.2) is 15.0 Å². The monoisotopic (exact) mass is 605 g/mol. The van der Waals surface area contributed by atoms with Crippen molar-refractivity contribution in [1.29, 1.82) is 5.41 Å². The molecule has 3 amide bonds. The SMILES string of the molecule is CC[C@H]1CN(c2nc(N)c(C(=O)NC(=N)NC(C)=O)nc2Cl)CCN1C1CCN(C(=O)c2ccc(Cl)nc2N)CC1. The number of aromatic nitrogens is 3. The van der Waals surface area contributed by atoms with Gasteiger partial charge < -0.3 is 21.3 Å². The minimum atomic E-state index is -0.807. The number of amides is 3. The molecule has 2 fully saturated rings. The average Bonchev–Trinajstić information content (AvgIpc) is 2.93. The van der Waals surface area contributed by atoms with Crippen LogP contribution >= 0.6 is 23.2 Å². The molecule has 41 heavy (non-hydrogen) atoms. The summed E-state index contributed by atoms with van der Waals surface area (Å²) in [6.45, 7) is 6.56. The molecule has 0 saturated carbocycles. The van der Waals surface area contributed by atoms with Gasteiger partial charge in [0.2, 0.25) is 11.9 Å². The molecule has 7 N–H and O–H groups in total. The van der Waals surface area contributed by atoms with Crippen molar-refractivity contribution in [2.45, 2.75) is 45.2 Å². The largest absolute Gasteiger partial charge is 0.383 e. The van der Waals surface area contributed by atoms with Crippen LogP contribution in [0.25, 0.3) is 0 Å². The number of halogens is 2. The molecule has 0 radical (unpaired) electrons. The molecule has 2 aromatic rings. The number of nitrogens with two attached hydrogens (primary N) is 2. The van der Waals surface area contributed by atoms with E-state index in [1.165, 1.54) is 6.92 Å². The molecule has 2 aliphatic rings. The normalized spacial score (nSPS) is 18.2. The fraction of sp³-hybridized carbons (Fsp3) is 0.480. The van der Waals surface area contributed by atoms with Gasteiger partial charge in [-0.3, -0.25) is 35.3 Å². The molecular formula is C25H33Cl2N11O3. The van der Waals surface area contributed by atoms with E-state index in [2.05, 4.69) is 37.4 Å². The van der Waals surface area contributed by atoms with E-state index in [0.717, 1.165) is 25.8 Å². The van der Waals surface area contributed by atoms with Crippen molar-refractivity contribution in [3.05, 3.63) is 33.7 Å². The lowest BCUT2D eigenvalue weighted by atomic mass is 9.97. The highest BCUT2D eigenvalue weighted by Gasteiger charge is 2.35. The van der Waals surface area contributed by atoms with E-state index in [9.17, 15) is 14.4 Å². The van der Waals surface area contributed by atoms with Crippen LogP contribution in [0.5, 0.6) is 0 Å². The number of pyridine rings is 1. The first-order valence-corrected chi connectivity index (χ1v) is 14.0. The van der Waals surface area contributed by atoms with E-state index in [-0.39, 0.29) is 39.6 Å². The van der Waals surface area contributed by atoms with Crippen LogP contribution in [0.1, 0.15) is 54.0 Å². The summed E-state index contributed by atoms with van der Waals surface area (Å²) in [5.74, 6) is -1.59. The van der Waals surface area contributed by atoms with E-state index < -0.39 is 17.8 Å². The van der Waals surface area contributed by atoms with E-state index in [4.69, 9.17) is 40.1 Å².